The van der Waals surface area contributed by atoms with E-state index in [1.54, 1.807) is 6.07 Å². The summed E-state index contributed by atoms with van der Waals surface area (Å²) in [5.74, 6) is 0.203. The number of hydrogen-bond acceptors (Lipinski definition) is 2. The zero-order valence-electron chi connectivity index (χ0n) is 10.8. The summed E-state index contributed by atoms with van der Waals surface area (Å²) in [6.45, 7) is 0. The number of aromatic nitrogens is 2. The third kappa shape index (κ3) is 1.68. The molecule has 20 heavy (non-hydrogen) atoms. The summed E-state index contributed by atoms with van der Waals surface area (Å²) in [5.41, 5.74) is 2.54. The molecule has 3 nitrogen and oxygen atoms in total. The van der Waals surface area contributed by atoms with Gasteiger partial charge in [-0.05, 0) is 37.1 Å². The number of imidazole rings is 1. The molecule has 0 bridgehead atoms. The summed E-state index contributed by atoms with van der Waals surface area (Å²) >= 11 is 0. The van der Waals surface area contributed by atoms with E-state index in [0.29, 0.717) is 17.4 Å². The first-order valence-electron chi connectivity index (χ1n) is 6.70. The van der Waals surface area contributed by atoms with Crippen molar-refractivity contribution in [2.24, 2.45) is 0 Å². The number of phenolic OH excluding ortho intramolecular Hbond substituents is 1. The highest BCUT2D eigenvalue weighted by Crippen LogP contribution is 2.42. The maximum Gasteiger partial charge on any atom is 0.145 e. The molecule has 3 aromatic rings. The molecule has 0 atom stereocenters. The minimum absolute atomic E-state index is 0.0674. The molecule has 1 aliphatic rings. The van der Waals surface area contributed by atoms with Gasteiger partial charge in [0.05, 0.1) is 16.6 Å². The van der Waals surface area contributed by atoms with Crippen molar-refractivity contribution in [3.8, 4) is 17.1 Å². The molecule has 0 aliphatic heterocycles. The monoisotopic (exact) mass is 268 g/mol. The number of halogens is 1. The Morgan fingerprint density at radius 3 is 2.70 bits per heavy atom. The Labute approximate surface area is 115 Å². The van der Waals surface area contributed by atoms with Crippen LogP contribution in [0.3, 0.4) is 0 Å². The highest BCUT2D eigenvalue weighted by molar-refractivity contribution is 5.82. The highest BCUT2D eigenvalue weighted by Gasteiger charge is 2.29. The van der Waals surface area contributed by atoms with Crippen LogP contribution in [-0.2, 0) is 0 Å². The average molecular weight is 268 g/mol. The molecule has 4 rings (SSSR count). The maximum absolute atomic E-state index is 13.2. The second-order valence-corrected chi connectivity index (χ2v) is 5.19. The van der Waals surface area contributed by atoms with Gasteiger partial charge < -0.3 is 9.67 Å². The maximum atomic E-state index is 13.2. The molecule has 0 spiro atoms. The van der Waals surface area contributed by atoms with E-state index < -0.39 is 5.82 Å². The van der Waals surface area contributed by atoms with Crippen molar-refractivity contribution in [3.63, 3.8) is 0 Å². The van der Waals surface area contributed by atoms with Crippen molar-refractivity contribution in [3.05, 3.63) is 48.3 Å². The van der Waals surface area contributed by atoms with Crippen LogP contribution in [0.2, 0.25) is 0 Å². The van der Waals surface area contributed by atoms with Crippen molar-refractivity contribution >= 4 is 11.0 Å². The van der Waals surface area contributed by atoms with Gasteiger partial charge >= 0.3 is 0 Å². The predicted molar refractivity (Wildman–Crippen MR) is 75.1 cm³/mol. The Morgan fingerprint density at radius 2 is 1.95 bits per heavy atom. The molecule has 1 aliphatic carbocycles. The lowest BCUT2D eigenvalue weighted by Crippen LogP contribution is -1.97. The molecule has 0 unspecified atom stereocenters. The van der Waals surface area contributed by atoms with Gasteiger partial charge in [-0.15, -0.1) is 0 Å². The molecule has 100 valence electrons. The molecule has 1 fully saturated rings. The van der Waals surface area contributed by atoms with Crippen LogP contribution in [0.1, 0.15) is 18.9 Å². The number of aromatic hydroxyl groups is 1. The molecular formula is C16H13FN2O. The van der Waals surface area contributed by atoms with Gasteiger partial charge in [-0.1, -0.05) is 12.1 Å². The van der Waals surface area contributed by atoms with Crippen LogP contribution in [0.15, 0.2) is 42.5 Å². The first-order chi connectivity index (χ1) is 9.74. The molecule has 0 amide bonds. The SMILES string of the molecule is Oc1cc(F)ccc1-c1nc2ccccc2n1C1CC1. The quantitative estimate of drug-likeness (QED) is 0.765. The largest absolute Gasteiger partial charge is 0.507 e. The Hall–Kier alpha value is -2.36. The zero-order valence-corrected chi connectivity index (χ0v) is 10.8. The smallest absolute Gasteiger partial charge is 0.145 e. The van der Waals surface area contributed by atoms with E-state index in [-0.39, 0.29) is 5.75 Å². The zero-order chi connectivity index (χ0) is 13.7. The van der Waals surface area contributed by atoms with Gasteiger partial charge in [-0.25, -0.2) is 9.37 Å². The first-order valence-corrected chi connectivity index (χ1v) is 6.70. The summed E-state index contributed by atoms with van der Waals surface area (Å²) in [5, 5.41) is 10.0. The molecule has 2 aromatic carbocycles. The topological polar surface area (TPSA) is 38.1 Å². The second kappa shape index (κ2) is 4.07. The van der Waals surface area contributed by atoms with Gasteiger partial charge in [0.25, 0.3) is 0 Å². The number of para-hydroxylation sites is 2. The van der Waals surface area contributed by atoms with E-state index in [1.807, 2.05) is 24.3 Å². The number of rotatable bonds is 2. The van der Waals surface area contributed by atoms with Gasteiger partial charge in [-0.2, -0.15) is 0 Å². The minimum atomic E-state index is -0.444. The summed E-state index contributed by atoms with van der Waals surface area (Å²) in [4.78, 5) is 4.62. The third-order valence-electron chi connectivity index (χ3n) is 3.71. The van der Waals surface area contributed by atoms with Crippen molar-refractivity contribution in [2.75, 3.05) is 0 Å². The fourth-order valence-electron chi connectivity index (χ4n) is 2.63. The minimum Gasteiger partial charge on any atom is -0.507 e. The summed E-state index contributed by atoms with van der Waals surface area (Å²) < 4.78 is 15.3. The molecule has 4 heteroatoms. The number of nitrogens with zero attached hydrogens (tertiary/aromatic N) is 2. The van der Waals surface area contributed by atoms with Crippen LogP contribution in [0.4, 0.5) is 4.39 Å². The van der Waals surface area contributed by atoms with Crippen molar-refractivity contribution in [1.29, 1.82) is 0 Å². The average Bonchev–Trinajstić information content (AvgIpc) is 3.19. The second-order valence-electron chi connectivity index (χ2n) is 5.19. The van der Waals surface area contributed by atoms with Crippen LogP contribution < -0.4 is 0 Å². The first kappa shape index (κ1) is 11.5. The lowest BCUT2D eigenvalue weighted by molar-refractivity contribution is 0.470. The van der Waals surface area contributed by atoms with Gasteiger partial charge in [0.1, 0.15) is 17.4 Å². The van der Waals surface area contributed by atoms with E-state index in [1.165, 1.54) is 6.07 Å². The van der Waals surface area contributed by atoms with E-state index in [0.717, 1.165) is 29.9 Å². The number of fused-ring (bicyclic) bond motifs is 1. The van der Waals surface area contributed by atoms with E-state index >= 15 is 0 Å². The highest BCUT2D eigenvalue weighted by atomic mass is 19.1. The van der Waals surface area contributed by atoms with Gasteiger partial charge in [0.2, 0.25) is 0 Å². The molecule has 0 saturated heterocycles. The van der Waals surface area contributed by atoms with Crippen LogP contribution >= 0.6 is 0 Å². The lowest BCUT2D eigenvalue weighted by Gasteiger charge is -2.09. The van der Waals surface area contributed by atoms with E-state index in [9.17, 15) is 9.50 Å². The summed E-state index contributed by atoms with van der Waals surface area (Å²) in [6.07, 6.45) is 2.24. The van der Waals surface area contributed by atoms with Crippen LogP contribution in [0.25, 0.3) is 22.4 Å². The van der Waals surface area contributed by atoms with E-state index in [4.69, 9.17) is 0 Å². The molecule has 1 heterocycles. The molecule has 1 saturated carbocycles. The summed E-state index contributed by atoms with van der Waals surface area (Å²) in [6, 6.07) is 12.4. The Bertz CT molecular complexity index is 805. The third-order valence-corrected chi connectivity index (χ3v) is 3.71. The Kier molecular flexibility index (Phi) is 2.33. The fourth-order valence-corrected chi connectivity index (χ4v) is 2.63. The van der Waals surface area contributed by atoms with Crippen molar-refractivity contribution < 1.29 is 9.50 Å². The molecule has 1 N–H and O–H groups in total. The van der Waals surface area contributed by atoms with Gasteiger partial charge in [0.15, 0.2) is 0 Å². The van der Waals surface area contributed by atoms with Crippen LogP contribution in [0.5, 0.6) is 5.75 Å². The van der Waals surface area contributed by atoms with Gasteiger partial charge in [-0.3, -0.25) is 0 Å². The number of hydrogen-bond donors (Lipinski definition) is 1. The predicted octanol–water partition coefficient (Wildman–Crippen LogP) is 3.88. The molecular weight excluding hydrogens is 255 g/mol. The number of phenols is 1. The standard InChI is InChI=1S/C16H13FN2O/c17-10-5-8-12(15(20)9-10)16-18-13-3-1-2-4-14(13)19(16)11-6-7-11/h1-5,8-9,11,20H,6-7H2. The Morgan fingerprint density at radius 1 is 1.15 bits per heavy atom. The molecule has 0 radical (unpaired) electrons. The summed E-state index contributed by atoms with van der Waals surface area (Å²) in [7, 11) is 0. The normalized spacial score (nSPS) is 14.8. The lowest BCUT2D eigenvalue weighted by atomic mass is 10.2. The van der Waals surface area contributed by atoms with Crippen LogP contribution in [-0.4, -0.2) is 14.7 Å². The number of benzene rings is 2. The van der Waals surface area contributed by atoms with Crippen LogP contribution in [0, 0.1) is 5.82 Å². The van der Waals surface area contributed by atoms with E-state index in [2.05, 4.69) is 9.55 Å². The fraction of sp³-hybridized carbons (Fsp3) is 0.188. The molecule has 1 aromatic heterocycles. The van der Waals surface area contributed by atoms with Gasteiger partial charge in [0, 0.05) is 12.1 Å². The van der Waals surface area contributed by atoms with Crippen molar-refractivity contribution in [2.45, 2.75) is 18.9 Å². The van der Waals surface area contributed by atoms with Crippen molar-refractivity contribution in [1.82, 2.24) is 9.55 Å². The Balaban J connectivity index is 2.01.